The third-order valence-corrected chi connectivity index (χ3v) is 5.15. The smallest absolute Gasteiger partial charge is 0.191 e. The average Bonchev–Trinajstić information content (AvgIpc) is 3.37. The number of nitrogens with one attached hydrogen (secondary N) is 2. The van der Waals surface area contributed by atoms with Crippen LogP contribution in [0.15, 0.2) is 41.5 Å². The molecule has 0 bridgehead atoms. The highest BCUT2D eigenvalue weighted by Crippen LogP contribution is 2.32. The van der Waals surface area contributed by atoms with Gasteiger partial charge in [0.1, 0.15) is 5.82 Å². The predicted octanol–water partition coefficient (Wildman–Crippen LogP) is 2.52. The molecular formula is C21H31FIN5O2. The number of aliphatic hydroxyl groups is 1. The monoisotopic (exact) mass is 531 g/mol. The standard InChI is InChI=1S/C21H30FN5O2.HI/c1-2-23-20(25-15-21(9-13-28)10-14-29-16-21)24-11-7-18-8-12-27(26-18)19-5-3-17(22)4-6-19;/h3-6,8,12,28H,2,7,9-11,13-16H2,1H3,(H2,23,24,25);1H. The second-order valence-electron chi connectivity index (χ2n) is 7.38. The van der Waals surface area contributed by atoms with Gasteiger partial charge in [0, 0.05) is 44.3 Å². The molecule has 9 heteroatoms. The minimum absolute atomic E-state index is 0. The molecule has 1 aliphatic heterocycles. The molecule has 1 aromatic heterocycles. The molecule has 2 heterocycles. The van der Waals surface area contributed by atoms with E-state index in [4.69, 9.17) is 9.73 Å². The van der Waals surface area contributed by atoms with Crippen molar-refractivity contribution < 1.29 is 14.2 Å². The van der Waals surface area contributed by atoms with Crippen molar-refractivity contribution in [2.75, 3.05) is 39.5 Å². The van der Waals surface area contributed by atoms with Crippen LogP contribution in [0, 0.1) is 11.2 Å². The summed E-state index contributed by atoms with van der Waals surface area (Å²) in [6.45, 7) is 5.66. The fraction of sp³-hybridized carbons (Fsp3) is 0.524. The number of aliphatic imine (C=N–C) groups is 1. The number of hydrogen-bond acceptors (Lipinski definition) is 4. The molecule has 1 fully saturated rings. The van der Waals surface area contributed by atoms with E-state index in [9.17, 15) is 9.50 Å². The Labute approximate surface area is 194 Å². The van der Waals surface area contributed by atoms with E-state index in [1.165, 1.54) is 12.1 Å². The van der Waals surface area contributed by atoms with Gasteiger partial charge >= 0.3 is 0 Å². The van der Waals surface area contributed by atoms with Crippen molar-refractivity contribution in [2.45, 2.75) is 26.2 Å². The van der Waals surface area contributed by atoms with Crippen LogP contribution in [-0.2, 0) is 11.2 Å². The van der Waals surface area contributed by atoms with Crippen LogP contribution in [0.25, 0.3) is 5.69 Å². The first-order valence-electron chi connectivity index (χ1n) is 10.2. The summed E-state index contributed by atoms with van der Waals surface area (Å²) in [5.41, 5.74) is 1.71. The topological polar surface area (TPSA) is 83.7 Å². The first-order valence-corrected chi connectivity index (χ1v) is 10.2. The van der Waals surface area contributed by atoms with Crippen molar-refractivity contribution in [2.24, 2.45) is 10.4 Å². The minimum Gasteiger partial charge on any atom is -0.396 e. The summed E-state index contributed by atoms with van der Waals surface area (Å²) in [7, 11) is 0. The molecule has 0 aliphatic carbocycles. The lowest BCUT2D eigenvalue weighted by molar-refractivity contribution is 0.131. The Morgan fingerprint density at radius 1 is 1.30 bits per heavy atom. The highest BCUT2D eigenvalue weighted by molar-refractivity contribution is 14.0. The van der Waals surface area contributed by atoms with E-state index < -0.39 is 0 Å². The van der Waals surface area contributed by atoms with Gasteiger partial charge in [-0.15, -0.1) is 24.0 Å². The summed E-state index contributed by atoms with van der Waals surface area (Å²) < 4.78 is 20.3. The SMILES string of the molecule is CCNC(=NCC1(CCO)CCOC1)NCCc1ccn(-c2ccc(F)cc2)n1.I. The molecule has 3 N–H and O–H groups in total. The number of aromatic nitrogens is 2. The van der Waals surface area contributed by atoms with E-state index in [1.54, 1.807) is 16.8 Å². The average molecular weight is 531 g/mol. The maximum absolute atomic E-state index is 13.1. The molecule has 1 aromatic carbocycles. The van der Waals surface area contributed by atoms with Gasteiger partial charge in [-0.1, -0.05) is 0 Å². The van der Waals surface area contributed by atoms with Gasteiger partial charge in [-0.2, -0.15) is 5.10 Å². The minimum atomic E-state index is -0.259. The van der Waals surface area contributed by atoms with Crippen molar-refractivity contribution in [3.63, 3.8) is 0 Å². The molecule has 0 saturated carbocycles. The van der Waals surface area contributed by atoms with Gasteiger partial charge in [0.05, 0.1) is 24.5 Å². The zero-order valence-electron chi connectivity index (χ0n) is 17.3. The fourth-order valence-corrected chi connectivity index (χ4v) is 3.42. The Morgan fingerprint density at radius 2 is 2.10 bits per heavy atom. The van der Waals surface area contributed by atoms with Crippen LogP contribution in [0.1, 0.15) is 25.5 Å². The fourth-order valence-electron chi connectivity index (χ4n) is 3.42. The van der Waals surface area contributed by atoms with E-state index in [1.807, 2.05) is 19.2 Å². The molecule has 1 aliphatic rings. The van der Waals surface area contributed by atoms with Crippen LogP contribution >= 0.6 is 24.0 Å². The van der Waals surface area contributed by atoms with Gasteiger partial charge in [0.25, 0.3) is 0 Å². The molecule has 0 spiro atoms. The highest BCUT2D eigenvalue weighted by Gasteiger charge is 2.34. The number of halogens is 2. The van der Waals surface area contributed by atoms with Crippen molar-refractivity contribution in [3.05, 3.63) is 48.0 Å². The summed E-state index contributed by atoms with van der Waals surface area (Å²) in [4.78, 5) is 4.72. The number of guanidine groups is 1. The Hall–Kier alpha value is -1.72. The molecule has 1 unspecified atom stereocenters. The molecular weight excluding hydrogens is 500 g/mol. The molecule has 2 aromatic rings. The van der Waals surface area contributed by atoms with Crippen LogP contribution in [0.2, 0.25) is 0 Å². The summed E-state index contributed by atoms with van der Waals surface area (Å²) >= 11 is 0. The molecule has 3 rings (SSSR count). The predicted molar refractivity (Wildman–Crippen MR) is 126 cm³/mol. The second kappa shape index (κ2) is 12.2. The van der Waals surface area contributed by atoms with Gasteiger partial charge < -0.3 is 20.5 Å². The number of aliphatic hydroxyl groups excluding tert-OH is 1. The number of nitrogens with zero attached hydrogens (tertiary/aromatic N) is 3. The van der Waals surface area contributed by atoms with Crippen molar-refractivity contribution in [1.82, 2.24) is 20.4 Å². The van der Waals surface area contributed by atoms with Crippen LogP contribution in [0.3, 0.4) is 0 Å². The summed E-state index contributed by atoms with van der Waals surface area (Å²) in [6.07, 6.45) is 4.25. The Bertz CT molecular complexity index is 791. The molecule has 166 valence electrons. The number of benzene rings is 1. The van der Waals surface area contributed by atoms with Gasteiger partial charge in [-0.05, 0) is 50.1 Å². The van der Waals surface area contributed by atoms with Crippen LogP contribution in [0.4, 0.5) is 4.39 Å². The first-order chi connectivity index (χ1) is 14.1. The largest absolute Gasteiger partial charge is 0.396 e. The van der Waals surface area contributed by atoms with E-state index in [2.05, 4.69) is 15.7 Å². The summed E-state index contributed by atoms with van der Waals surface area (Å²) in [6, 6.07) is 8.22. The molecule has 7 nitrogen and oxygen atoms in total. The van der Waals surface area contributed by atoms with E-state index >= 15 is 0 Å². The third-order valence-electron chi connectivity index (χ3n) is 5.15. The zero-order chi connectivity index (χ0) is 20.5. The van der Waals surface area contributed by atoms with Crippen LogP contribution < -0.4 is 10.6 Å². The van der Waals surface area contributed by atoms with Gasteiger partial charge in [-0.25, -0.2) is 9.07 Å². The quantitative estimate of drug-likeness (QED) is 0.263. The van der Waals surface area contributed by atoms with Crippen molar-refractivity contribution in [3.8, 4) is 5.69 Å². The lowest BCUT2D eigenvalue weighted by Crippen LogP contribution is -2.39. The zero-order valence-corrected chi connectivity index (χ0v) is 19.6. The molecule has 1 atom stereocenters. The molecule has 0 radical (unpaired) electrons. The third kappa shape index (κ3) is 6.92. The van der Waals surface area contributed by atoms with Crippen LogP contribution in [-0.4, -0.2) is 60.3 Å². The Morgan fingerprint density at radius 3 is 2.77 bits per heavy atom. The molecule has 1 saturated heterocycles. The normalized spacial score (nSPS) is 18.8. The lowest BCUT2D eigenvalue weighted by Gasteiger charge is -2.24. The molecule has 0 amide bonds. The maximum Gasteiger partial charge on any atom is 0.191 e. The van der Waals surface area contributed by atoms with E-state index in [0.717, 1.165) is 43.3 Å². The van der Waals surface area contributed by atoms with Gasteiger partial charge in [-0.3, -0.25) is 4.99 Å². The highest BCUT2D eigenvalue weighted by atomic mass is 127. The number of hydrogen-bond donors (Lipinski definition) is 3. The second-order valence-corrected chi connectivity index (χ2v) is 7.38. The number of rotatable bonds is 9. The van der Waals surface area contributed by atoms with Gasteiger partial charge in [0.15, 0.2) is 5.96 Å². The summed E-state index contributed by atoms with van der Waals surface area (Å²) in [5, 5.41) is 20.5. The van der Waals surface area contributed by atoms with Gasteiger partial charge in [0.2, 0.25) is 0 Å². The Balaban J connectivity index is 0.00000320. The maximum atomic E-state index is 13.1. The van der Waals surface area contributed by atoms with Crippen molar-refractivity contribution >= 4 is 29.9 Å². The Kier molecular flexibility index (Phi) is 9.99. The van der Waals surface area contributed by atoms with E-state index in [-0.39, 0.29) is 41.8 Å². The summed E-state index contributed by atoms with van der Waals surface area (Å²) in [5.74, 6) is 0.500. The first kappa shape index (κ1) is 24.5. The molecule has 30 heavy (non-hydrogen) atoms. The lowest BCUT2D eigenvalue weighted by atomic mass is 9.84. The van der Waals surface area contributed by atoms with Crippen LogP contribution in [0.5, 0.6) is 0 Å². The van der Waals surface area contributed by atoms with E-state index in [0.29, 0.717) is 26.1 Å². The van der Waals surface area contributed by atoms with Crippen molar-refractivity contribution in [1.29, 1.82) is 0 Å². The number of ether oxygens (including phenoxy) is 1.